The van der Waals surface area contributed by atoms with Crippen LogP contribution in [0.15, 0.2) is 0 Å². The molecule has 14 heavy (non-hydrogen) atoms. The molecule has 0 aromatic rings. The molecule has 0 aromatic carbocycles. The highest BCUT2D eigenvalue weighted by Gasteiger charge is 2.18. The topological polar surface area (TPSA) is 41.6 Å². The first-order valence-electron chi connectivity index (χ1n) is 5.34. The van der Waals surface area contributed by atoms with Crippen molar-refractivity contribution in [1.82, 2.24) is 10.2 Å². The molecule has 0 bridgehead atoms. The van der Waals surface area contributed by atoms with Crippen molar-refractivity contribution in [2.75, 3.05) is 32.8 Å². The van der Waals surface area contributed by atoms with Crippen molar-refractivity contribution in [2.45, 2.75) is 26.3 Å². The summed E-state index contributed by atoms with van der Waals surface area (Å²) in [6.45, 7) is 8.39. The lowest BCUT2D eigenvalue weighted by molar-refractivity contribution is -0.143. The Kier molecular flexibility index (Phi) is 4.90. The Morgan fingerprint density at radius 3 is 3.07 bits per heavy atom. The van der Waals surface area contributed by atoms with Gasteiger partial charge in [-0.1, -0.05) is 0 Å². The zero-order valence-electron chi connectivity index (χ0n) is 9.08. The van der Waals surface area contributed by atoms with Crippen LogP contribution in [0.25, 0.3) is 0 Å². The Morgan fingerprint density at radius 1 is 1.64 bits per heavy atom. The van der Waals surface area contributed by atoms with Crippen molar-refractivity contribution >= 4 is 5.97 Å². The van der Waals surface area contributed by atoms with Gasteiger partial charge in [0, 0.05) is 32.2 Å². The van der Waals surface area contributed by atoms with Crippen molar-refractivity contribution in [3.05, 3.63) is 0 Å². The summed E-state index contributed by atoms with van der Waals surface area (Å²) in [7, 11) is 0. The molecule has 0 spiro atoms. The minimum absolute atomic E-state index is 0.0850. The number of rotatable bonds is 4. The molecular weight excluding hydrogens is 180 g/mol. The van der Waals surface area contributed by atoms with E-state index in [9.17, 15) is 4.79 Å². The van der Waals surface area contributed by atoms with Crippen LogP contribution < -0.4 is 5.32 Å². The average molecular weight is 200 g/mol. The minimum atomic E-state index is -0.0850. The molecule has 1 atom stereocenters. The van der Waals surface area contributed by atoms with Crippen LogP contribution in [0, 0.1) is 0 Å². The van der Waals surface area contributed by atoms with Gasteiger partial charge in [-0.15, -0.1) is 0 Å². The number of carbonyl (C=O) groups is 1. The largest absolute Gasteiger partial charge is 0.466 e. The Hall–Kier alpha value is -0.610. The number of nitrogens with one attached hydrogen (secondary N) is 1. The van der Waals surface area contributed by atoms with E-state index in [0.717, 1.165) is 26.2 Å². The highest BCUT2D eigenvalue weighted by atomic mass is 16.5. The van der Waals surface area contributed by atoms with Crippen molar-refractivity contribution in [1.29, 1.82) is 0 Å². The van der Waals surface area contributed by atoms with E-state index in [4.69, 9.17) is 4.74 Å². The number of nitrogens with zero attached hydrogens (tertiary/aromatic N) is 1. The molecule has 1 saturated heterocycles. The second-order valence-electron chi connectivity index (χ2n) is 3.64. The Labute approximate surface area is 85.6 Å². The van der Waals surface area contributed by atoms with Crippen LogP contribution in [0.1, 0.15) is 20.3 Å². The molecule has 0 amide bonds. The van der Waals surface area contributed by atoms with E-state index in [1.807, 2.05) is 6.92 Å². The zero-order chi connectivity index (χ0) is 10.4. The summed E-state index contributed by atoms with van der Waals surface area (Å²) in [6, 6.07) is 0.526. The number of ether oxygens (including phenoxy) is 1. The van der Waals surface area contributed by atoms with Crippen molar-refractivity contribution in [3.63, 3.8) is 0 Å². The Morgan fingerprint density at radius 2 is 2.43 bits per heavy atom. The summed E-state index contributed by atoms with van der Waals surface area (Å²) in [6.07, 6.45) is 0.512. The second-order valence-corrected chi connectivity index (χ2v) is 3.64. The SMILES string of the molecule is CCOC(=O)CCN1CCNC[C@@H]1C. The fourth-order valence-corrected chi connectivity index (χ4v) is 1.68. The Balaban J connectivity index is 2.19. The maximum Gasteiger partial charge on any atom is 0.307 e. The van der Waals surface area contributed by atoms with Crippen molar-refractivity contribution < 1.29 is 9.53 Å². The molecule has 82 valence electrons. The zero-order valence-corrected chi connectivity index (χ0v) is 9.08. The molecule has 1 heterocycles. The van der Waals surface area contributed by atoms with E-state index in [-0.39, 0.29) is 5.97 Å². The van der Waals surface area contributed by atoms with Gasteiger partial charge in [0.05, 0.1) is 13.0 Å². The molecule has 1 fully saturated rings. The standard InChI is InChI=1S/C10H20N2O2/c1-3-14-10(13)4-6-12-7-5-11-8-9(12)2/h9,11H,3-8H2,1-2H3/t9-/m0/s1. The predicted molar refractivity (Wildman–Crippen MR) is 55.2 cm³/mol. The van der Waals surface area contributed by atoms with Gasteiger partial charge in [-0.05, 0) is 13.8 Å². The molecule has 4 heteroatoms. The highest BCUT2D eigenvalue weighted by molar-refractivity contribution is 5.69. The molecule has 1 aliphatic heterocycles. The average Bonchev–Trinajstić information content (AvgIpc) is 2.17. The first kappa shape index (κ1) is 11.5. The van der Waals surface area contributed by atoms with E-state index in [1.165, 1.54) is 0 Å². The maximum absolute atomic E-state index is 11.1. The predicted octanol–water partition coefficient (Wildman–Crippen LogP) is 0.233. The number of hydrogen-bond donors (Lipinski definition) is 1. The van der Waals surface area contributed by atoms with Gasteiger partial charge in [0.2, 0.25) is 0 Å². The van der Waals surface area contributed by atoms with Crippen molar-refractivity contribution in [2.24, 2.45) is 0 Å². The van der Waals surface area contributed by atoms with Gasteiger partial charge in [-0.3, -0.25) is 9.69 Å². The fourth-order valence-electron chi connectivity index (χ4n) is 1.68. The lowest BCUT2D eigenvalue weighted by atomic mass is 10.2. The number of hydrogen-bond acceptors (Lipinski definition) is 4. The molecule has 0 unspecified atom stereocenters. The van der Waals surface area contributed by atoms with Crippen LogP contribution in [0.3, 0.4) is 0 Å². The molecule has 1 N–H and O–H groups in total. The summed E-state index contributed by atoms with van der Waals surface area (Å²) in [5, 5.41) is 3.32. The summed E-state index contributed by atoms with van der Waals surface area (Å²) in [5.74, 6) is -0.0850. The summed E-state index contributed by atoms with van der Waals surface area (Å²) < 4.78 is 4.89. The van der Waals surface area contributed by atoms with Gasteiger partial charge >= 0.3 is 5.97 Å². The molecule has 1 rings (SSSR count). The van der Waals surface area contributed by atoms with Gasteiger partial charge in [-0.2, -0.15) is 0 Å². The van der Waals surface area contributed by atoms with E-state index in [1.54, 1.807) is 0 Å². The Bertz CT molecular complexity index is 185. The lowest BCUT2D eigenvalue weighted by Crippen LogP contribution is -2.50. The molecule has 1 aliphatic rings. The smallest absolute Gasteiger partial charge is 0.307 e. The van der Waals surface area contributed by atoms with E-state index in [0.29, 0.717) is 19.1 Å². The minimum Gasteiger partial charge on any atom is -0.466 e. The second kappa shape index (κ2) is 5.98. The van der Waals surface area contributed by atoms with Gasteiger partial charge in [0.15, 0.2) is 0 Å². The van der Waals surface area contributed by atoms with Gasteiger partial charge in [0.25, 0.3) is 0 Å². The molecule has 4 nitrogen and oxygen atoms in total. The van der Waals surface area contributed by atoms with Crippen LogP contribution in [-0.2, 0) is 9.53 Å². The number of piperazine rings is 1. The van der Waals surface area contributed by atoms with Crippen LogP contribution in [0.5, 0.6) is 0 Å². The normalized spacial score (nSPS) is 23.4. The van der Waals surface area contributed by atoms with Gasteiger partial charge < -0.3 is 10.1 Å². The monoisotopic (exact) mass is 200 g/mol. The van der Waals surface area contributed by atoms with Crippen molar-refractivity contribution in [3.8, 4) is 0 Å². The first-order chi connectivity index (χ1) is 6.74. The number of carbonyl (C=O) groups excluding carboxylic acids is 1. The third kappa shape index (κ3) is 3.64. The summed E-state index contributed by atoms with van der Waals surface area (Å²) in [4.78, 5) is 13.5. The third-order valence-corrected chi connectivity index (χ3v) is 2.55. The maximum atomic E-state index is 11.1. The fraction of sp³-hybridized carbons (Fsp3) is 0.900. The number of esters is 1. The van der Waals surface area contributed by atoms with E-state index < -0.39 is 0 Å². The summed E-state index contributed by atoms with van der Waals surface area (Å²) in [5.41, 5.74) is 0. The van der Waals surface area contributed by atoms with E-state index in [2.05, 4.69) is 17.1 Å². The molecule has 0 aliphatic carbocycles. The molecule has 0 aromatic heterocycles. The van der Waals surface area contributed by atoms with Crippen LogP contribution in [0.4, 0.5) is 0 Å². The summed E-state index contributed by atoms with van der Waals surface area (Å²) >= 11 is 0. The molecular formula is C10H20N2O2. The van der Waals surface area contributed by atoms with Gasteiger partial charge in [-0.25, -0.2) is 0 Å². The van der Waals surface area contributed by atoms with E-state index >= 15 is 0 Å². The quantitative estimate of drug-likeness (QED) is 0.660. The lowest BCUT2D eigenvalue weighted by Gasteiger charge is -2.33. The highest BCUT2D eigenvalue weighted by Crippen LogP contribution is 2.03. The first-order valence-corrected chi connectivity index (χ1v) is 5.34. The van der Waals surface area contributed by atoms with Crippen LogP contribution >= 0.6 is 0 Å². The molecule has 0 saturated carbocycles. The molecule has 0 radical (unpaired) electrons. The third-order valence-electron chi connectivity index (χ3n) is 2.55. The van der Waals surface area contributed by atoms with Gasteiger partial charge in [0.1, 0.15) is 0 Å². The van der Waals surface area contributed by atoms with Crippen LogP contribution in [-0.4, -0.2) is 49.7 Å². The van der Waals surface area contributed by atoms with Crippen LogP contribution in [0.2, 0.25) is 0 Å².